The molecule has 0 bridgehead atoms. The summed E-state index contributed by atoms with van der Waals surface area (Å²) >= 11 is 0. The van der Waals surface area contributed by atoms with Gasteiger partial charge in [0.05, 0.1) is 5.69 Å². The van der Waals surface area contributed by atoms with Crippen molar-refractivity contribution in [2.45, 2.75) is 6.92 Å². The van der Waals surface area contributed by atoms with Gasteiger partial charge in [-0.1, -0.05) is 158 Å². The Kier molecular flexibility index (Phi) is 9.22. The van der Waals surface area contributed by atoms with Gasteiger partial charge in [0.1, 0.15) is 0 Å². The maximum Gasteiger partial charge on any atom is 0.0546 e. The quantitative estimate of drug-likeness (QED) is 0.109. The Morgan fingerprint density at radius 1 is 0.327 bits per heavy atom. The van der Waals surface area contributed by atoms with Crippen LogP contribution in [0.25, 0.3) is 44.8 Å². The van der Waals surface area contributed by atoms with Crippen molar-refractivity contribution in [2.75, 3.05) is 9.80 Å². The molecule has 0 heterocycles. The zero-order valence-electron chi connectivity index (χ0n) is 30.8. The van der Waals surface area contributed by atoms with Crippen molar-refractivity contribution in [3.8, 4) is 11.1 Å². The number of rotatable bonds is 9. The predicted molar refractivity (Wildman–Crippen MR) is 236 cm³/mol. The van der Waals surface area contributed by atoms with Gasteiger partial charge in [-0.05, 0) is 118 Å². The van der Waals surface area contributed by atoms with Crippen molar-refractivity contribution in [1.29, 1.82) is 0 Å². The zero-order chi connectivity index (χ0) is 37.0. The van der Waals surface area contributed by atoms with Gasteiger partial charge in [-0.3, -0.25) is 0 Å². The second-order valence-corrected chi connectivity index (χ2v) is 13.9. The molecule has 55 heavy (non-hydrogen) atoms. The summed E-state index contributed by atoms with van der Waals surface area (Å²) in [7, 11) is 0. The van der Waals surface area contributed by atoms with Crippen molar-refractivity contribution in [3.63, 3.8) is 0 Å². The second-order valence-electron chi connectivity index (χ2n) is 13.9. The Morgan fingerprint density at radius 3 is 1.40 bits per heavy atom. The molecule has 0 fully saturated rings. The third-order valence-corrected chi connectivity index (χ3v) is 10.3. The Balaban J connectivity index is 0.965. The van der Waals surface area contributed by atoms with Crippen molar-refractivity contribution >= 4 is 67.8 Å². The molecule has 9 aromatic rings. The molecule has 0 N–H and O–H groups in total. The van der Waals surface area contributed by atoms with Gasteiger partial charge in [0.15, 0.2) is 0 Å². The number of nitrogens with zero attached hydrogens (tertiary/aromatic N) is 2. The van der Waals surface area contributed by atoms with Crippen LogP contribution >= 0.6 is 0 Å². The van der Waals surface area contributed by atoms with E-state index in [1.165, 1.54) is 43.9 Å². The fourth-order valence-electron chi connectivity index (χ4n) is 7.53. The van der Waals surface area contributed by atoms with Gasteiger partial charge in [-0.2, -0.15) is 0 Å². The highest BCUT2D eigenvalue weighted by molar-refractivity contribution is 6.14. The molecule has 0 atom stereocenters. The summed E-state index contributed by atoms with van der Waals surface area (Å²) in [6.07, 6.45) is 4.38. The van der Waals surface area contributed by atoms with E-state index in [1.807, 2.05) is 0 Å². The van der Waals surface area contributed by atoms with Gasteiger partial charge in [0, 0.05) is 33.8 Å². The molecule has 0 aliphatic heterocycles. The lowest BCUT2D eigenvalue weighted by molar-refractivity contribution is 1.28. The summed E-state index contributed by atoms with van der Waals surface area (Å²) in [5.41, 5.74) is 12.7. The molecular weight excluding hydrogens is 665 g/mol. The van der Waals surface area contributed by atoms with E-state index in [2.05, 4.69) is 241 Å². The van der Waals surface area contributed by atoms with E-state index in [1.54, 1.807) is 0 Å². The molecule has 0 aliphatic rings. The molecule has 9 aromatic carbocycles. The molecule has 0 spiro atoms. The average molecular weight is 705 g/mol. The first-order chi connectivity index (χ1) is 27.2. The maximum atomic E-state index is 2.39. The summed E-state index contributed by atoms with van der Waals surface area (Å²) in [4.78, 5) is 4.68. The summed E-state index contributed by atoms with van der Waals surface area (Å²) in [5.74, 6) is 0. The van der Waals surface area contributed by atoms with Gasteiger partial charge in [0.25, 0.3) is 0 Å². The Hall–Kier alpha value is -7.16. The van der Waals surface area contributed by atoms with Crippen LogP contribution in [-0.2, 0) is 0 Å². The molecule has 0 amide bonds. The van der Waals surface area contributed by atoms with E-state index in [0.29, 0.717) is 0 Å². The highest BCUT2D eigenvalue weighted by atomic mass is 15.1. The minimum atomic E-state index is 1.12. The molecule has 0 radical (unpaired) electrons. The molecular formula is C53H40N2. The number of benzene rings is 9. The van der Waals surface area contributed by atoms with Gasteiger partial charge >= 0.3 is 0 Å². The summed E-state index contributed by atoms with van der Waals surface area (Å²) < 4.78 is 0. The lowest BCUT2D eigenvalue weighted by Crippen LogP contribution is -2.10. The standard InChI is InChI=1S/C53H40N2/c1-39-13-12-19-49(37-39)55(53-38-44-14-8-9-20-50(44)51-21-10-11-22-52(51)53)48-33-27-41(28-34-48)24-23-40-25-29-42(30-26-40)43-31-35-47(36-32-43)54(45-15-4-2-5-16-45)46-17-6-3-7-18-46/h2-38H,1H3/b24-23+. The highest BCUT2D eigenvalue weighted by Crippen LogP contribution is 2.42. The molecule has 2 nitrogen and oxygen atoms in total. The summed E-state index contributed by atoms with van der Waals surface area (Å²) in [5, 5.41) is 4.99. The first-order valence-corrected chi connectivity index (χ1v) is 18.8. The Morgan fingerprint density at radius 2 is 0.782 bits per heavy atom. The number of aryl methyl sites for hydroxylation is 1. The lowest BCUT2D eigenvalue weighted by Gasteiger charge is -2.28. The fourth-order valence-corrected chi connectivity index (χ4v) is 7.53. The van der Waals surface area contributed by atoms with Crippen LogP contribution in [0.5, 0.6) is 0 Å². The van der Waals surface area contributed by atoms with Crippen molar-refractivity contribution in [3.05, 3.63) is 229 Å². The number of hydrogen-bond acceptors (Lipinski definition) is 2. The molecule has 262 valence electrons. The first-order valence-electron chi connectivity index (χ1n) is 18.8. The van der Waals surface area contributed by atoms with Crippen LogP contribution in [0, 0.1) is 6.92 Å². The Bertz CT molecular complexity index is 2690. The molecule has 2 heteroatoms. The smallest absolute Gasteiger partial charge is 0.0546 e. The van der Waals surface area contributed by atoms with E-state index < -0.39 is 0 Å². The van der Waals surface area contributed by atoms with Crippen LogP contribution in [0.3, 0.4) is 0 Å². The van der Waals surface area contributed by atoms with Gasteiger partial charge < -0.3 is 9.80 Å². The van der Waals surface area contributed by atoms with Crippen LogP contribution in [0.2, 0.25) is 0 Å². The fraction of sp³-hybridized carbons (Fsp3) is 0.0189. The molecule has 0 aromatic heterocycles. The first kappa shape index (κ1) is 33.7. The number of hydrogen-bond donors (Lipinski definition) is 0. The summed E-state index contributed by atoms with van der Waals surface area (Å²) in [6.45, 7) is 2.16. The van der Waals surface area contributed by atoms with Crippen LogP contribution in [0.1, 0.15) is 16.7 Å². The lowest BCUT2D eigenvalue weighted by atomic mass is 9.99. The van der Waals surface area contributed by atoms with E-state index in [9.17, 15) is 0 Å². The van der Waals surface area contributed by atoms with E-state index in [-0.39, 0.29) is 0 Å². The van der Waals surface area contributed by atoms with E-state index in [4.69, 9.17) is 0 Å². The van der Waals surface area contributed by atoms with E-state index >= 15 is 0 Å². The van der Waals surface area contributed by atoms with Gasteiger partial charge in [-0.25, -0.2) is 0 Å². The average Bonchev–Trinajstić information content (AvgIpc) is 3.25. The third-order valence-electron chi connectivity index (χ3n) is 10.3. The molecule has 0 unspecified atom stereocenters. The number of fused-ring (bicyclic) bond motifs is 3. The molecule has 9 rings (SSSR count). The number of para-hydroxylation sites is 2. The highest BCUT2D eigenvalue weighted by Gasteiger charge is 2.17. The predicted octanol–water partition coefficient (Wildman–Crippen LogP) is 15.1. The largest absolute Gasteiger partial charge is 0.311 e. The minimum Gasteiger partial charge on any atom is -0.311 e. The zero-order valence-corrected chi connectivity index (χ0v) is 30.8. The molecule has 0 aliphatic carbocycles. The second kappa shape index (κ2) is 15.1. The van der Waals surface area contributed by atoms with Crippen molar-refractivity contribution < 1.29 is 0 Å². The van der Waals surface area contributed by atoms with Crippen LogP contribution in [0.15, 0.2) is 212 Å². The maximum absolute atomic E-state index is 2.39. The van der Waals surface area contributed by atoms with Crippen LogP contribution in [-0.4, -0.2) is 0 Å². The van der Waals surface area contributed by atoms with Gasteiger partial charge in [0.2, 0.25) is 0 Å². The molecule has 0 saturated heterocycles. The van der Waals surface area contributed by atoms with Crippen molar-refractivity contribution in [1.82, 2.24) is 0 Å². The Labute approximate surface area is 323 Å². The van der Waals surface area contributed by atoms with Gasteiger partial charge in [-0.15, -0.1) is 0 Å². The SMILES string of the molecule is Cc1cccc(N(c2ccc(/C=C/c3ccc(-c4ccc(N(c5ccccc5)c5ccccc5)cc4)cc3)cc2)c2cc3ccccc3c3ccccc23)c1. The van der Waals surface area contributed by atoms with Crippen LogP contribution in [0.4, 0.5) is 34.1 Å². The number of anilines is 6. The van der Waals surface area contributed by atoms with Crippen LogP contribution < -0.4 is 9.80 Å². The van der Waals surface area contributed by atoms with E-state index in [0.717, 1.165) is 39.6 Å². The monoisotopic (exact) mass is 704 g/mol. The molecule has 0 saturated carbocycles. The third kappa shape index (κ3) is 7.02. The topological polar surface area (TPSA) is 6.48 Å². The normalized spacial score (nSPS) is 11.3. The minimum absolute atomic E-state index is 1.12. The summed E-state index contributed by atoms with van der Waals surface area (Å²) in [6, 6.07) is 76.1. The van der Waals surface area contributed by atoms with Crippen molar-refractivity contribution in [2.24, 2.45) is 0 Å².